The number of likely N-dealkylation sites (tertiary alicyclic amines) is 1. The number of nitrogens with zero attached hydrogens (tertiary/aromatic N) is 3. The molecule has 0 bridgehead atoms. The first kappa shape index (κ1) is 18.1. The summed E-state index contributed by atoms with van der Waals surface area (Å²) in [5, 5.41) is 4.00. The van der Waals surface area contributed by atoms with Gasteiger partial charge in [-0.3, -0.25) is 4.79 Å². The van der Waals surface area contributed by atoms with Crippen LogP contribution in [0.1, 0.15) is 48.9 Å². The summed E-state index contributed by atoms with van der Waals surface area (Å²) in [7, 11) is 0. The van der Waals surface area contributed by atoms with Crippen LogP contribution in [0.25, 0.3) is 0 Å². The molecule has 1 aromatic heterocycles. The summed E-state index contributed by atoms with van der Waals surface area (Å²) >= 11 is 0. The molecule has 0 radical (unpaired) electrons. The van der Waals surface area contributed by atoms with E-state index in [2.05, 4.69) is 10.1 Å². The highest BCUT2D eigenvalue weighted by molar-refractivity contribution is 5.78. The van der Waals surface area contributed by atoms with E-state index in [1.165, 1.54) is 12.1 Å². The number of hydrogen-bond donors (Lipinski definition) is 0. The van der Waals surface area contributed by atoms with Crippen LogP contribution >= 0.6 is 0 Å². The second kappa shape index (κ2) is 8.17. The minimum absolute atomic E-state index is 0.0828. The van der Waals surface area contributed by atoms with Crippen LogP contribution < -0.4 is 0 Å². The Hall–Kier alpha value is -2.28. The fraction of sp³-hybridized carbons (Fsp3) is 0.550. The topological polar surface area (TPSA) is 68.5 Å². The van der Waals surface area contributed by atoms with Gasteiger partial charge in [0.1, 0.15) is 5.82 Å². The van der Waals surface area contributed by atoms with Gasteiger partial charge in [-0.1, -0.05) is 17.3 Å². The molecule has 1 aliphatic heterocycles. The zero-order valence-corrected chi connectivity index (χ0v) is 15.3. The van der Waals surface area contributed by atoms with Gasteiger partial charge < -0.3 is 14.2 Å². The van der Waals surface area contributed by atoms with Gasteiger partial charge in [-0.25, -0.2) is 4.39 Å². The van der Waals surface area contributed by atoms with Crippen molar-refractivity contribution in [3.8, 4) is 0 Å². The van der Waals surface area contributed by atoms with Crippen LogP contribution in [0.3, 0.4) is 0 Å². The van der Waals surface area contributed by atoms with Gasteiger partial charge in [0.05, 0.1) is 19.1 Å². The maximum atomic E-state index is 12.9. The van der Waals surface area contributed by atoms with Crippen LogP contribution in [0.15, 0.2) is 28.8 Å². The number of aromatic nitrogens is 2. The summed E-state index contributed by atoms with van der Waals surface area (Å²) in [6.45, 7) is 1.95. The summed E-state index contributed by atoms with van der Waals surface area (Å²) < 4.78 is 24.1. The third-order valence-electron chi connectivity index (χ3n) is 5.15. The van der Waals surface area contributed by atoms with Crippen molar-refractivity contribution in [3.05, 3.63) is 47.4 Å². The fourth-order valence-corrected chi connectivity index (χ4v) is 3.34. The molecule has 7 heteroatoms. The Morgan fingerprint density at radius 1 is 1.19 bits per heavy atom. The summed E-state index contributed by atoms with van der Waals surface area (Å²) in [4.78, 5) is 18.7. The molecular weight excluding hydrogens is 349 g/mol. The molecule has 1 saturated heterocycles. The van der Waals surface area contributed by atoms with E-state index in [0.717, 1.165) is 37.1 Å². The Balaban J connectivity index is 1.16. The molecule has 0 atom stereocenters. The van der Waals surface area contributed by atoms with Crippen LogP contribution in [0, 0.1) is 5.82 Å². The number of rotatable bonds is 7. The molecule has 144 valence electrons. The quantitative estimate of drug-likeness (QED) is 0.746. The van der Waals surface area contributed by atoms with E-state index in [0.29, 0.717) is 44.3 Å². The second-order valence-corrected chi connectivity index (χ2v) is 7.33. The predicted molar refractivity (Wildman–Crippen MR) is 95.6 cm³/mol. The van der Waals surface area contributed by atoms with E-state index in [9.17, 15) is 9.18 Å². The Morgan fingerprint density at radius 2 is 1.93 bits per heavy atom. The lowest BCUT2D eigenvalue weighted by molar-refractivity contribution is -0.133. The van der Waals surface area contributed by atoms with Gasteiger partial charge in [-0.05, 0) is 43.4 Å². The maximum Gasteiger partial charge on any atom is 0.229 e. The molecule has 2 fully saturated rings. The molecule has 1 amide bonds. The van der Waals surface area contributed by atoms with Crippen molar-refractivity contribution < 1.29 is 18.4 Å². The van der Waals surface area contributed by atoms with Gasteiger partial charge in [0.2, 0.25) is 11.8 Å². The molecule has 2 aliphatic rings. The van der Waals surface area contributed by atoms with Crippen molar-refractivity contribution in [1.29, 1.82) is 0 Å². The highest BCUT2D eigenvalue weighted by Gasteiger charge is 2.29. The van der Waals surface area contributed by atoms with Gasteiger partial charge in [0.25, 0.3) is 0 Å². The average Bonchev–Trinajstić information content (AvgIpc) is 3.43. The molecule has 0 unspecified atom stereocenters. The molecule has 0 spiro atoms. The molecule has 1 saturated carbocycles. The van der Waals surface area contributed by atoms with Crippen molar-refractivity contribution in [2.75, 3.05) is 19.7 Å². The fourth-order valence-electron chi connectivity index (χ4n) is 3.34. The van der Waals surface area contributed by atoms with Crippen LogP contribution in [0.2, 0.25) is 0 Å². The van der Waals surface area contributed by atoms with E-state index in [-0.39, 0.29) is 17.8 Å². The predicted octanol–water partition coefficient (Wildman–Crippen LogP) is 2.88. The number of amides is 1. The number of ether oxygens (including phenoxy) is 1. The van der Waals surface area contributed by atoms with Crippen molar-refractivity contribution >= 4 is 5.91 Å². The lowest BCUT2D eigenvalue weighted by Gasteiger charge is -2.32. The summed E-state index contributed by atoms with van der Waals surface area (Å²) in [5.41, 5.74) is 0.838. The normalized spacial score (nSPS) is 18.0. The lowest BCUT2D eigenvalue weighted by atomic mass is 10.1. The van der Waals surface area contributed by atoms with E-state index < -0.39 is 0 Å². The van der Waals surface area contributed by atoms with Gasteiger partial charge in [-0.15, -0.1) is 0 Å². The molecule has 2 aromatic rings. The number of carbonyl (C=O) groups excluding carboxylic acids is 1. The molecule has 2 heterocycles. The minimum atomic E-state index is -0.284. The minimum Gasteiger partial charge on any atom is -0.378 e. The standard InChI is InChI=1S/C20H24FN3O3/c21-16-5-1-14(2-6-16)13-19(25)24-10-7-17(8-11-24)26-12-9-18-22-20(27-23-18)15-3-4-15/h1-2,5-6,15,17H,3-4,7-13H2. The first-order valence-electron chi connectivity index (χ1n) is 9.63. The highest BCUT2D eigenvalue weighted by atomic mass is 19.1. The SMILES string of the molecule is O=C(Cc1ccc(F)cc1)N1CCC(OCCc2noc(C3CC3)n2)CC1. The summed E-state index contributed by atoms with van der Waals surface area (Å²) in [6.07, 6.45) is 5.08. The highest BCUT2D eigenvalue weighted by Crippen LogP contribution is 2.38. The number of benzene rings is 1. The number of hydrogen-bond acceptors (Lipinski definition) is 5. The third kappa shape index (κ3) is 4.91. The molecule has 0 N–H and O–H groups in total. The molecule has 1 aliphatic carbocycles. The third-order valence-corrected chi connectivity index (χ3v) is 5.15. The number of piperidine rings is 1. The molecule has 4 rings (SSSR count). The van der Waals surface area contributed by atoms with Crippen molar-refractivity contribution in [3.63, 3.8) is 0 Å². The summed E-state index contributed by atoms with van der Waals surface area (Å²) in [6, 6.07) is 6.10. The van der Waals surface area contributed by atoms with Gasteiger partial charge in [-0.2, -0.15) is 4.98 Å². The Bertz CT molecular complexity index is 765. The molecule has 6 nitrogen and oxygen atoms in total. The Labute approximate surface area is 157 Å². The molecular formula is C20H24FN3O3. The number of carbonyl (C=O) groups is 1. The van der Waals surface area contributed by atoms with Crippen LogP contribution in [0.5, 0.6) is 0 Å². The summed E-state index contributed by atoms with van der Waals surface area (Å²) in [5.74, 6) is 1.75. The van der Waals surface area contributed by atoms with Gasteiger partial charge in [0.15, 0.2) is 5.82 Å². The van der Waals surface area contributed by atoms with E-state index in [4.69, 9.17) is 9.26 Å². The lowest BCUT2D eigenvalue weighted by Crippen LogP contribution is -2.41. The smallest absolute Gasteiger partial charge is 0.229 e. The van der Waals surface area contributed by atoms with Crippen LogP contribution in [-0.4, -0.2) is 46.7 Å². The van der Waals surface area contributed by atoms with E-state index >= 15 is 0 Å². The first-order valence-corrected chi connectivity index (χ1v) is 9.63. The van der Waals surface area contributed by atoms with E-state index in [1.807, 2.05) is 4.90 Å². The molecule has 1 aromatic carbocycles. The first-order chi connectivity index (χ1) is 13.2. The van der Waals surface area contributed by atoms with E-state index in [1.54, 1.807) is 12.1 Å². The Kier molecular flexibility index (Phi) is 5.48. The van der Waals surface area contributed by atoms with Gasteiger partial charge in [0, 0.05) is 25.4 Å². The molecule has 27 heavy (non-hydrogen) atoms. The van der Waals surface area contributed by atoms with Crippen molar-refractivity contribution in [2.24, 2.45) is 0 Å². The zero-order chi connectivity index (χ0) is 18.6. The zero-order valence-electron chi connectivity index (χ0n) is 15.3. The van der Waals surface area contributed by atoms with Gasteiger partial charge >= 0.3 is 0 Å². The van der Waals surface area contributed by atoms with Crippen molar-refractivity contribution in [2.45, 2.75) is 50.5 Å². The van der Waals surface area contributed by atoms with Crippen molar-refractivity contribution in [1.82, 2.24) is 15.0 Å². The monoisotopic (exact) mass is 373 g/mol. The second-order valence-electron chi connectivity index (χ2n) is 7.33. The van der Waals surface area contributed by atoms with Crippen LogP contribution in [-0.2, 0) is 22.4 Å². The Morgan fingerprint density at radius 3 is 2.63 bits per heavy atom. The maximum absolute atomic E-state index is 12.9. The average molecular weight is 373 g/mol. The van der Waals surface area contributed by atoms with Crippen LogP contribution in [0.4, 0.5) is 4.39 Å². The number of halogens is 1. The largest absolute Gasteiger partial charge is 0.378 e.